The van der Waals surface area contributed by atoms with Crippen LogP contribution >= 0.6 is 0 Å². The van der Waals surface area contributed by atoms with Crippen molar-refractivity contribution in [1.29, 1.82) is 0 Å². The molecule has 3 heterocycles. The van der Waals surface area contributed by atoms with Gasteiger partial charge in [0.2, 0.25) is 11.8 Å². The lowest BCUT2D eigenvalue weighted by Crippen LogP contribution is -2.49. The third-order valence-electron chi connectivity index (χ3n) is 5.11. The molecule has 1 fully saturated rings. The molecule has 0 atom stereocenters. The van der Waals surface area contributed by atoms with Crippen LogP contribution in [0.25, 0.3) is 0 Å². The Balaban J connectivity index is 1.34. The number of nitrogens with zero attached hydrogens (tertiary/aromatic N) is 4. The number of urea groups is 1. The number of hydrogen-bond acceptors (Lipinski definition) is 5. The number of carbonyl (C=O) groups excluding carboxylic acids is 1. The van der Waals surface area contributed by atoms with E-state index in [-0.39, 0.29) is 17.9 Å². The van der Waals surface area contributed by atoms with E-state index in [1.807, 2.05) is 0 Å². The maximum absolute atomic E-state index is 13.3. The van der Waals surface area contributed by atoms with Crippen LogP contribution in [0.2, 0.25) is 0 Å². The van der Waals surface area contributed by atoms with E-state index in [2.05, 4.69) is 20.2 Å². The molecule has 7 nitrogen and oxygen atoms in total. The standard InChI is InChI=1S/C19H22FN5O2/c1-27-17-4-8-21-18(23-17)24-9-6-15(7-10-24)22-19(26)25-11-5-13-12-14(20)2-3-16(13)25/h2-4,8,12,15H,5-7,9-11H2,1H3,(H,22,26). The largest absolute Gasteiger partial charge is 0.481 e. The number of rotatable bonds is 3. The third-order valence-corrected chi connectivity index (χ3v) is 5.11. The van der Waals surface area contributed by atoms with Gasteiger partial charge in [0.1, 0.15) is 5.82 Å². The lowest BCUT2D eigenvalue weighted by molar-refractivity contribution is 0.240. The van der Waals surface area contributed by atoms with Crippen LogP contribution in [0, 0.1) is 5.82 Å². The molecule has 0 radical (unpaired) electrons. The zero-order chi connectivity index (χ0) is 18.8. The van der Waals surface area contributed by atoms with Crippen molar-refractivity contribution in [3.8, 4) is 5.88 Å². The highest BCUT2D eigenvalue weighted by Crippen LogP contribution is 2.28. The van der Waals surface area contributed by atoms with Gasteiger partial charge in [-0.25, -0.2) is 14.2 Å². The van der Waals surface area contributed by atoms with E-state index in [4.69, 9.17) is 4.74 Å². The number of piperidine rings is 1. The molecule has 142 valence electrons. The van der Waals surface area contributed by atoms with Crippen LogP contribution in [0.3, 0.4) is 0 Å². The van der Waals surface area contributed by atoms with Gasteiger partial charge in [0.25, 0.3) is 0 Å². The molecule has 2 aliphatic rings. The molecular weight excluding hydrogens is 349 g/mol. The number of methoxy groups -OCH3 is 1. The van der Waals surface area contributed by atoms with Gasteiger partial charge in [-0.2, -0.15) is 4.98 Å². The van der Waals surface area contributed by atoms with Crippen molar-refractivity contribution in [3.05, 3.63) is 41.8 Å². The summed E-state index contributed by atoms with van der Waals surface area (Å²) < 4.78 is 18.5. The number of ether oxygens (including phenoxy) is 1. The van der Waals surface area contributed by atoms with Crippen LogP contribution in [-0.4, -0.2) is 48.8 Å². The monoisotopic (exact) mass is 371 g/mol. The van der Waals surface area contributed by atoms with Gasteiger partial charge in [0, 0.05) is 43.6 Å². The SMILES string of the molecule is COc1ccnc(N2CCC(NC(=O)N3CCc4cc(F)ccc43)CC2)n1. The zero-order valence-corrected chi connectivity index (χ0v) is 15.2. The number of aromatic nitrogens is 2. The molecule has 2 amide bonds. The second-order valence-electron chi connectivity index (χ2n) is 6.78. The first-order valence-electron chi connectivity index (χ1n) is 9.12. The molecule has 1 aromatic carbocycles. The lowest BCUT2D eigenvalue weighted by atomic mass is 10.1. The first kappa shape index (κ1) is 17.5. The quantitative estimate of drug-likeness (QED) is 0.897. The minimum absolute atomic E-state index is 0.101. The van der Waals surface area contributed by atoms with Crippen LogP contribution in [0.15, 0.2) is 30.5 Å². The number of carbonyl (C=O) groups is 1. The number of benzene rings is 1. The van der Waals surface area contributed by atoms with Crippen molar-refractivity contribution in [2.75, 3.05) is 36.5 Å². The highest BCUT2D eigenvalue weighted by molar-refractivity contribution is 5.94. The summed E-state index contributed by atoms with van der Waals surface area (Å²) in [7, 11) is 1.58. The summed E-state index contributed by atoms with van der Waals surface area (Å²) in [5, 5.41) is 3.11. The van der Waals surface area contributed by atoms with E-state index in [0.29, 0.717) is 24.8 Å². The summed E-state index contributed by atoms with van der Waals surface area (Å²) >= 11 is 0. The Labute approximate surface area is 157 Å². The van der Waals surface area contributed by atoms with E-state index in [1.165, 1.54) is 12.1 Å². The number of fused-ring (bicyclic) bond motifs is 1. The summed E-state index contributed by atoms with van der Waals surface area (Å²) in [6, 6.07) is 6.29. The molecule has 27 heavy (non-hydrogen) atoms. The fourth-order valence-corrected chi connectivity index (χ4v) is 3.66. The smallest absolute Gasteiger partial charge is 0.322 e. The van der Waals surface area contributed by atoms with Crippen LogP contribution in [0.4, 0.5) is 20.8 Å². The average molecular weight is 371 g/mol. The molecule has 0 saturated carbocycles. The predicted octanol–water partition coefficient (Wildman–Crippen LogP) is 2.37. The number of halogens is 1. The Kier molecular flexibility index (Phi) is 4.79. The van der Waals surface area contributed by atoms with Gasteiger partial charge < -0.3 is 15.0 Å². The van der Waals surface area contributed by atoms with Gasteiger partial charge in [0.05, 0.1) is 7.11 Å². The minimum atomic E-state index is -0.261. The van der Waals surface area contributed by atoms with Crippen LogP contribution < -0.4 is 19.9 Å². The maximum Gasteiger partial charge on any atom is 0.322 e. The molecule has 2 aromatic rings. The van der Waals surface area contributed by atoms with E-state index in [0.717, 1.165) is 37.2 Å². The highest BCUT2D eigenvalue weighted by Gasteiger charge is 2.28. The van der Waals surface area contributed by atoms with E-state index in [1.54, 1.807) is 30.3 Å². The molecule has 0 aliphatic carbocycles. The minimum Gasteiger partial charge on any atom is -0.481 e. The normalized spacial score (nSPS) is 17.0. The molecule has 1 saturated heterocycles. The molecule has 1 N–H and O–H groups in total. The molecule has 0 spiro atoms. The number of amides is 2. The average Bonchev–Trinajstić information content (AvgIpc) is 3.11. The fraction of sp³-hybridized carbons (Fsp3) is 0.421. The van der Waals surface area contributed by atoms with Crippen molar-refractivity contribution in [2.24, 2.45) is 0 Å². The molecule has 4 rings (SSSR count). The maximum atomic E-state index is 13.3. The number of hydrogen-bond donors (Lipinski definition) is 1. The first-order valence-corrected chi connectivity index (χ1v) is 9.12. The van der Waals surface area contributed by atoms with Crippen molar-refractivity contribution in [3.63, 3.8) is 0 Å². The summed E-state index contributed by atoms with van der Waals surface area (Å²) in [4.78, 5) is 25.1. The molecule has 1 aromatic heterocycles. The van der Waals surface area contributed by atoms with Gasteiger partial charge in [-0.3, -0.25) is 4.90 Å². The Morgan fingerprint density at radius 2 is 2.07 bits per heavy atom. The first-order chi connectivity index (χ1) is 13.1. The van der Waals surface area contributed by atoms with E-state index < -0.39 is 0 Å². The summed E-state index contributed by atoms with van der Waals surface area (Å²) in [6.45, 7) is 2.11. The summed E-state index contributed by atoms with van der Waals surface area (Å²) in [5.41, 5.74) is 1.69. The van der Waals surface area contributed by atoms with Gasteiger partial charge >= 0.3 is 6.03 Å². The summed E-state index contributed by atoms with van der Waals surface area (Å²) in [6.07, 6.45) is 4.00. The van der Waals surface area contributed by atoms with Crippen molar-refractivity contribution in [1.82, 2.24) is 15.3 Å². The second-order valence-corrected chi connectivity index (χ2v) is 6.78. The van der Waals surface area contributed by atoms with E-state index >= 15 is 0 Å². The van der Waals surface area contributed by atoms with Crippen LogP contribution in [0.5, 0.6) is 5.88 Å². The predicted molar refractivity (Wildman–Crippen MR) is 99.8 cm³/mol. The Morgan fingerprint density at radius 3 is 2.85 bits per heavy atom. The van der Waals surface area contributed by atoms with Crippen molar-refractivity contribution < 1.29 is 13.9 Å². The Hall–Kier alpha value is -2.90. The second kappa shape index (κ2) is 7.38. The summed E-state index contributed by atoms with van der Waals surface area (Å²) in [5.74, 6) is 0.928. The Morgan fingerprint density at radius 1 is 1.26 bits per heavy atom. The lowest BCUT2D eigenvalue weighted by Gasteiger charge is -2.33. The molecule has 8 heteroatoms. The van der Waals surface area contributed by atoms with Crippen molar-refractivity contribution in [2.45, 2.75) is 25.3 Å². The van der Waals surface area contributed by atoms with Gasteiger partial charge in [0.15, 0.2) is 0 Å². The molecule has 2 aliphatic heterocycles. The molecular formula is C19H22FN5O2. The zero-order valence-electron chi connectivity index (χ0n) is 15.2. The van der Waals surface area contributed by atoms with Gasteiger partial charge in [-0.1, -0.05) is 0 Å². The highest BCUT2D eigenvalue weighted by atomic mass is 19.1. The topological polar surface area (TPSA) is 70.6 Å². The van der Waals surface area contributed by atoms with Gasteiger partial charge in [-0.05, 0) is 43.0 Å². The molecule has 0 unspecified atom stereocenters. The molecule has 0 bridgehead atoms. The number of anilines is 2. The fourth-order valence-electron chi connectivity index (χ4n) is 3.66. The van der Waals surface area contributed by atoms with Crippen molar-refractivity contribution >= 4 is 17.7 Å². The van der Waals surface area contributed by atoms with Crippen LogP contribution in [0.1, 0.15) is 18.4 Å². The third kappa shape index (κ3) is 3.65. The Bertz CT molecular complexity index is 839. The van der Waals surface area contributed by atoms with Gasteiger partial charge in [-0.15, -0.1) is 0 Å². The van der Waals surface area contributed by atoms with Crippen LogP contribution in [-0.2, 0) is 6.42 Å². The number of nitrogens with one attached hydrogen (secondary N) is 1. The van der Waals surface area contributed by atoms with E-state index in [9.17, 15) is 9.18 Å².